The fourth-order valence-corrected chi connectivity index (χ4v) is 17.5. The number of fused-ring (bicyclic) bond motifs is 1. The zero-order valence-corrected chi connectivity index (χ0v) is 14.7. The predicted molar refractivity (Wildman–Crippen MR) is 85.6 cm³/mol. The molecule has 0 aromatic carbocycles. The van der Waals surface area contributed by atoms with Crippen molar-refractivity contribution in [2.24, 2.45) is 98.6 Å². The summed E-state index contributed by atoms with van der Waals surface area (Å²) >= 11 is 0. The maximum Gasteiger partial charge on any atom is 0.309 e. The first kappa shape index (κ1) is 11.3. The van der Waals surface area contributed by atoms with E-state index in [1.165, 1.54) is 0 Å². The molecule has 0 aromatic rings. The van der Waals surface area contributed by atoms with Crippen molar-refractivity contribution in [1.82, 2.24) is 0 Å². The Kier molecular flexibility index (Phi) is 1.08. The quantitative estimate of drug-likeness (QED) is 0.690. The van der Waals surface area contributed by atoms with Gasteiger partial charge in [-0.2, -0.15) is 0 Å². The van der Waals surface area contributed by atoms with E-state index in [-0.39, 0.29) is 5.97 Å². The molecule has 2 nitrogen and oxygen atoms in total. The van der Waals surface area contributed by atoms with E-state index in [0.29, 0.717) is 16.7 Å². The number of hydrogen-bond acceptors (Lipinski definition) is 2. The summed E-state index contributed by atoms with van der Waals surface area (Å²) < 4.78 is 5.51. The van der Waals surface area contributed by atoms with Gasteiger partial charge in [0.15, 0.2) is 0 Å². The highest BCUT2D eigenvalue weighted by Gasteiger charge is 3.19. The molecular weight excluding hydrogens is 308 g/mol. The molecule has 2 heteroatoms. The molecule has 0 aliphatic heterocycles. The Balaban J connectivity index is 1.41. The highest BCUT2D eigenvalue weighted by Crippen LogP contribution is 3.22. The smallest absolute Gasteiger partial charge is 0.309 e. The van der Waals surface area contributed by atoms with Crippen LogP contribution in [0.5, 0.6) is 0 Å². The molecule has 0 aromatic heterocycles. The van der Waals surface area contributed by atoms with E-state index in [1.54, 1.807) is 32.8 Å². The van der Waals surface area contributed by atoms with Crippen LogP contribution in [0.15, 0.2) is 0 Å². The molecule has 13 aliphatic rings. The van der Waals surface area contributed by atoms with Crippen LogP contribution in [0.1, 0.15) is 25.7 Å². The number of ether oxygens (including phenoxy) is 1. The Labute approximate surface area is 147 Å². The number of rotatable bonds is 1. The number of hydrogen-bond donors (Lipinski definition) is 0. The van der Waals surface area contributed by atoms with Crippen molar-refractivity contribution < 1.29 is 9.53 Å². The highest BCUT2D eigenvalue weighted by atomic mass is 16.5. The van der Waals surface area contributed by atoms with Gasteiger partial charge < -0.3 is 4.74 Å². The van der Waals surface area contributed by atoms with Gasteiger partial charge >= 0.3 is 5.97 Å². The van der Waals surface area contributed by atoms with Crippen molar-refractivity contribution in [2.75, 3.05) is 7.11 Å². The number of methoxy groups -OCH3 is 1. The average Bonchev–Trinajstić information content (AvgIpc) is 3.38. The van der Waals surface area contributed by atoms with E-state index in [2.05, 4.69) is 0 Å². The molecule has 8 bridgehead atoms. The van der Waals surface area contributed by atoms with Crippen LogP contribution in [0.2, 0.25) is 0 Å². The fraction of sp³-hybridized carbons (Fsp3) is 0.957. The summed E-state index contributed by atoms with van der Waals surface area (Å²) in [5.74, 6) is 12.9. The lowest BCUT2D eigenvalue weighted by Gasteiger charge is -2.79. The minimum absolute atomic E-state index is 0.230. The van der Waals surface area contributed by atoms with Gasteiger partial charge in [0.1, 0.15) is 0 Å². The molecule has 13 rings (SSSR count). The third-order valence-electron chi connectivity index (χ3n) is 14.9. The van der Waals surface area contributed by atoms with E-state index in [1.807, 2.05) is 0 Å². The molecule has 0 saturated heterocycles. The first-order chi connectivity index (χ1) is 12.3. The minimum atomic E-state index is 0.230. The number of esters is 1. The predicted octanol–water partition coefficient (Wildman–Crippen LogP) is 2.83. The molecule has 13 saturated carbocycles. The summed E-state index contributed by atoms with van der Waals surface area (Å²) in [6.45, 7) is 0. The van der Waals surface area contributed by atoms with Crippen LogP contribution in [0.25, 0.3) is 0 Å². The van der Waals surface area contributed by atoms with E-state index >= 15 is 0 Å². The zero-order chi connectivity index (χ0) is 15.6. The van der Waals surface area contributed by atoms with E-state index in [9.17, 15) is 4.79 Å². The Hall–Kier alpha value is -0.530. The Morgan fingerprint density at radius 3 is 1.68 bits per heavy atom. The molecule has 0 heterocycles. The van der Waals surface area contributed by atoms with Crippen LogP contribution in [0.3, 0.4) is 0 Å². The third kappa shape index (κ3) is 0.478. The fourth-order valence-electron chi connectivity index (χ4n) is 17.5. The lowest BCUT2D eigenvalue weighted by atomic mass is 9.24. The average molecular weight is 332 g/mol. The topological polar surface area (TPSA) is 26.3 Å². The number of carbonyl (C=O) groups is 1. The van der Waals surface area contributed by atoms with Gasteiger partial charge in [-0.1, -0.05) is 0 Å². The Morgan fingerprint density at radius 1 is 0.720 bits per heavy atom. The second kappa shape index (κ2) is 2.39. The van der Waals surface area contributed by atoms with Crippen LogP contribution < -0.4 is 0 Å². The second-order valence-corrected chi connectivity index (χ2v) is 12.6. The molecule has 25 heavy (non-hydrogen) atoms. The summed E-state index contributed by atoms with van der Waals surface area (Å²) in [7, 11) is 1.68. The normalized spacial score (nSPS) is 92.0. The van der Waals surface area contributed by atoms with Gasteiger partial charge in [-0.3, -0.25) is 4.79 Å². The Bertz CT molecular complexity index is 861. The van der Waals surface area contributed by atoms with Crippen LogP contribution in [0, 0.1) is 98.6 Å². The van der Waals surface area contributed by atoms with Crippen LogP contribution in [-0.2, 0) is 9.53 Å². The molecule has 13 fully saturated rings. The lowest BCUT2D eigenvalue weighted by Crippen LogP contribution is -2.77. The first-order valence-electron chi connectivity index (χ1n) is 11.4. The van der Waals surface area contributed by atoms with Crippen molar-refractivity contribution >= 4 is 5.97 Å². The summed E-state index contributed by atoms with van der Waals surface area (Å²) in [5, 5.41) is 0. The molecule has 128 valence electrons. The second-order valence-electron chi connectivity index (χ2n) is 12.6. The van der Waals surface area contributed by atoms with Gasteiger partial charge in [-0.25, -0.2) is 0 Å². The molecule has 1 unspecified atom stereocenters. The van der Waals surface area contributed by atoms with Crippen molar-refractivity contribution in [2.45, 2.75) is 25.7 Å². The molecular formula is C23H24O2. The van der Waals surface area contributed by atoms with E-state index < -0.39 is 0 Å². The van der Waals surface area contributed by atoms with Crippen LogP contribution in [0.4, 0.5) is 0 Å². The van der Waals surface area contributed by atoms with Gasteiger partial charge in [-0.15, -0.1) is 0 Å². The van der Waals surface area contributed by atoms with E-state index in [4.69, 9.17) is 4.74 Å². The van der Waals surface area contributed by atoms with Crippen molar-refractivity contribution in [3.63, 3.8) is 0 Å². The number of carbonyl (C=O) groups excluding carboxylic acids is 1. The molecule has 0 N–H and O–H groups in total. The summed E-state index contributed by atoms with van der Waals surface area (Å²) in [4.78, 5) is 13.1. The largest absolute Gasteiger partial charge is 0.469 e. The van der Waals surface area contributed by atoms with Crippen molar-refractivity contribution in [1.29, 1.82) is 0 Å². The highest BCUT2D eigenvalue weighted by molar-refractivity contribution is 5.79. The van der Waals surface area contributed by atoms with Gasteiger partial charge in [0.05, 0.1) is 13.0 Å². The van der Waals surface area contributed by atoms with Crippen molar-refractivity contribution in [3.05, 3.63) is 0 Å². The molecule has 13 aliphatic carbocycles. The molecule has 17 atom stereocenters. The van der Waals surface area contributed by atoms with Crippen LogP contribution in [-0.4, -0.2) is 13.1 Å². The maximum absolute atomic E-state index is 13.1. The lowest BCUT2D eigenvalue weighted by molar-refractivity contribution is -0.339. The van der Waals surface area contributed by atoms with Gasteiger partial charge in [0.2, 0.25) is 0 Å². The SMILES string of the molecule is COC(=O)C1[C@@H]2[C@@H]3[C@H]4[C@H]5CC[C@@H]3[C@@]36[C@@H]7C[C@H]8[C@H]9[C@@H]7[C@@H]7C[C@H]9[C@]([C@@H]14)([C@]583)[C@@]276. The molecule has 0 amide bonds. The van der Waals surface area contributed by atoms with Gasteiger partial charge in [-0.05, 0) is 118 Å². The summed E-state index contributed by atoms with van der Waals surface area (Å²) in [5.41, 5.74) is 2.95. The van der Waals surface area contributed by atoms with Crippen molar-refractivity contribution in [3.8, 4) is 0 Å². The van der Waals surface area contributed by atoms with Crippen LogP contribution >= 0.6 is 0 Å². The van der Waals surface area contributed by atoms with E-state index in [0.717, 1.165) is 81.8 Å². The molecule has 0 radical (unpaired) electrons. The third-order valence-corrected chi connectivity index (χ3v) is 14.9. The molecule has 4 spiro atoms. The maximum atomic E-state index is 13.1. The van der Waals surface area contributed by atoms with Gasteiger partial charge in [0.25, 0.3) is 0 Å². The standard InChI is InChI=1S/C23H24O2/c1-25-19(24)16-17-14-6-2-3-7-15(14)18(16)23-11-5-10-12-8-4-9(13(11)12)21(7,23)20(6,8)22(10,17)23/h6-18H,2-5H2,1H3/t6-,7+,8+,9-,10-,11+,12-,13+,14-,15+,16?,17-,18+,20-,21-,22+,23-/m1/s1. The minimum Gasteiger partial charge on any atom is -0.469 e. The summed E-state index contributed by atoms with van der Waals surface area (Å²) in [6.07, 6.45) is 6.38. The first-order valence-corrected chi connectivity index (χ1v) is 11.4. The monoisotopic (exact) mass is 332 g/mol. The Morgan fingerprint density at radius 2 is 1.20 bits per heavy atom. The zero-order valence-electron chi connectivity index (χ0n) is 14.7. The van der Waals surface area contributed by atoms with Gasteiger partial charge in [0, 0.05) is 0 Å². The summed E-state index contributed by atoms with van der Waals surface area (Å²) in [6, 6.07) is 0.